The lowest BCUT2D eigenvalue weighted by Crippen LogP contribution is -2.29. The highest BCUT2D eigenvalue weighted by molar-refractivity contribution is 6.10. The van der Waals surface area contributed by atoms with Crippen molar-refractivity contribution in [2.24, 2.45) is 0 Å². The molecular formula is C25H19N3O2. The molecule has 0 bridgehead atoms. The van der Waals surface area contributed by atoms with Gasteiger partial charge in [-0.15, -0.1) is 0 Å². The molecule has 0 unspecified atom stereocenters. The minimum atomic E-state index is -0.490. The molecule has 2 amide bonds. The van der Waals surface area contributed by atoms with Crippen molar-refractivity contribution in [1.29, 1.82) is 5.26 Å². The predicted molar refractivity (Wildman–Crippen MR) is 118 cm³/mol. The molecule has 0 aromatic heterocycles. The Hall–Kier alpha value is -4.43. The zero-order valence-corrected chi connectivity index (χ0v) is 16.1. The predicted octanol–water partition coefficient (Wildman–Crippen LogP) is 4.37. The Labute approximate surface area is 175 Å². The second-order valence-electron chi connectivity index (χ2n) is 6.35. The maximum atomic E-state index is 12.8. The monoisotopic (exact) mass is 393 g/mol. The maximum Gasteiger partial charge on any atom is 0.272 e. The third kappa shape index (κ3) is 6.04. The molecule has 3 aromatic rings. The van der Waals surface area contributed by atoms with E-state index < -0.39 is 11.8 Å². The topological polar surface area (TPSA) is 82.0 Å². The van der Waals surface area contributed by atoms with Gasteiger partial charge in [-0.1, -0.05) is 66.7 Å². The molecule has 0 saturated heterocycles. The number of carbonyl (C=O) groups excluding carboxylic acids is 2. The number of rotatable bonds is 6. The van der Waals surface area contributed by atoms with Gasteiger partial charge in [0.15, 0.2) is 0 Å². The maximum absolute atomic E-state index is 12.8. The van der Waals surface area contributed by atoms with Crippen molar-refractivity contribution in [3.05, 3.63) is 113 Å². The zero-order valence-electron chi connectivity index (χ0n) is 16.1. The molecular weight excluding hydrogens is 374 g/mol. The van der Waals surface area contributed by atoms with Crippen molar-refractivity contribution in [1.82, 2.24) is 5.32 Å². The largest absolute Gasteiger partial charge is 0.321 e. The number of carbonyl (C=O) groups is 2. The summed E-state index contributed by atoms with van der Waals surface area (Å²) in [5.41, 5.74) is 2.62. The second kappa shape index (κ2) is 10.2. The van der Waals surface area contributed by atoms with Crippen molar-refractivity contribution >= 4 is 29.7 Å². The molecule has 3 rings (SSSR count). The molecule has 0 saturated carbocycles. The first-order chi connectivity index (χ1) is 14.6. The van der Waals surface area contributed by atoms with Crippen molar-refractivity contribution in [2.45, 2.75) is 0 Å². The summed E-state index contributed by atoms with van der Waals surface area (Å²) in [5, 5.41) is 14.4. The van der Waals surface area contributed by atoms with E-state index in [2.05, 4.69) is 10.6 Å². The lowest BCUT2D eigenvalue weighted by atomic mass is 10.1. The van der Waals surface area contributed by atoms with Crippen LogP contribution in [0.3, 0.4) is 0 Å². The van der Waals surface area contributed by atoms with E-state index in [0.717, 1.165) is 11.1 Å². The summed E-state index contributed by atoms with van der Waals surface area (Å²) >= 11 is 0. The molecule has 30 heavy (non-hydrogen) atoms. The minimum absolute atomic E-state index is 0.0891. The first-order valence-corrected chi connectivity index (χ1v) is 9.26. The van der Waals surface area contributed by atoms with Gasteiger partial charge in [-0.25, -0.2) is 0 Å². The van der Waals surface area contributed by atoms with E-state index in [-0.39, 0.29) is 5.70 Å². The van der Waals surface area contributed by atoms with Gasteiger partial charge in [-0.3, -0.25) is 9.59 Å². The van der Waals surface area contributed by atoms with E-state index in [0.29, 0.717) is 11.3 Å². The average Bonchev–Trinajstić information content (AvgIpc) is 2.79. The molecule has 5 heteroatoms. The molecule has 0 aliphatic carbocycles. The van der Waals surface area contributed by atoms with Crippen LogP contribution in [-0.2, 0) is 9.59 Å². The van der Waals surface area contributed by atoms with Crippen LogP contribution >= 0.6 is 0 Å². The van der Waals surface area contributed by atoms with Gasteiger partial charge in [-0.05, 0) is 41.5 Å². The smallest absolute Gasteiger partial charge is 0.272 e. The number of nitrogens with one attached hydrogen (secondary N) is 2. The van der Waals surface area contributed by atoms with Gasteiger partial charge in [0.1, 0.15) is 5.70 Å². The van der Waals surface area contributed by atoms with Crippen LogP contribution in [0, 0.1) is 11.3 Å². The van der Waals surface area contributed by atoms with E-state index in [1.807, 2.05) is 66.7 Å². The van der Waals surface area contributed by atoms with Gasteiger partial charge >= 0.3 is 0 Å². The number of nitriles is 1. The first-order valence-electron chi connectivity index (χ1n) is 9.26. The molecule has 0 aliphatic rings. The number of amides is 2. The average molecular weight is 393 g/mol. The van der Waals surface area contributed by atoms with Crippen LogP contribution in [0.4, 0.5) is 5.69 Å². The zero-order chi connectivity index (χ0) is 21.2. The Morgan fingerprint density at radius 3 is 2.17 bits per heavy atom. The molecule has 0 radical (unpaired) electrons. The molecule has 0 aliphatic heterocycles. The van der Waals surface area contributed by atoms with Crippen molar-refractivity contribution in [2.75, 3.05) is 5.32 Å². The highest BCUT2D eigenvalue weighted by Gasteiger charge is 2.13. The van der Waals surface area contributed by atoms with Crippen LogP contribution in [0.15, 0.2) is 96.7 Å². The molecule has 2 N–H and O–H groups in total. The molecule has 0 atom stereocenters. The van der Waals surface area contributed by atoms with Gasteiger partial charge < -0.3 is 10.6 Å². The lowest BCUT2D eigenvalue weighted by Gasteiger charge is -2.10. The summed E-state index contributed by atoms with van der Waals surface area (Å²) in [6, 6.07) is 27.2. The lowest BCUT2D eigenvalue weighted by molar-refractivity contribution is -0.118. The summed E-state index contributed by atoms with van der Waals surface area (Å²) in [4.78, 5) is 25.2. The van der Waals surface area contributed by atoms with Crippen molar-refractivity contribution in [3.8, 4) is 6.07 Å². The van der Waals surface area contributed by atoms with E-state index in [4.69, 9.17) is 5.26 Å². The quantitative estimate of drug-likeness (QED) is 0.610. The minimum Gasteiger partial charge on any atom is -0.321 e. The molecule has 146 valence electrons. The fourth-order valence-corrected chi connectivity index (χ4v) is 2.65. The van der Waals surface area contributed by atoms with Gasteiger partial charge in [-0.2, -0.15) is 5.26 Å². The van der Waals surface area contributed by atoms with Crippen LogP contribution in [0.2, 0.25) is 0 Å². The highest BCUT2D eigenvalue weighted by atomic mass is 16.2. The van der Waals surface area contributed by atoms with Crippen LogP contribution in [0.25, 0.3) is 12.2 Å². The fourth-order valence-electron chi connectivity index (χ4n) is 2.65. The standard InChI is InChI=1S/C25H19N3O2/c26-18-21-12-7-13-22(16-21)27-25(30)23(17-20-10-5-2-6-11-20)28-24(29)15-14-19-8-3-1-4-9-19/h1-17H,(H,27,30)(H,28,29)/b15-14+,23-17-. The van der Waals surface area contributed by atoms with E-state index >= 15 is 0 Å². The van der Waals surface area contributed by atoms with Gasteiger partial charge in [0.25, 0.3) is 5.91 Å². The van der Waals surface area contributed by atoms with E-state index in [1.54, 1.807) is 36.4 Å². The number of benzene rings is 3. The molecule has 0 spiro atoms. The third-order valence-corrected chi connectivity index (χ3v) is 4.09. The molecule has 0 fully saturated rings. The summed E-state index contributed by atoms with van der Waals surface area (Å²) < 4.78 is 0. The van der Waals surface area contributed by atoms with Crippen LogP contribution in [0.5, 0.6) is 0 Å². The normalized spacial score (nSPS) is 11.0. The van der Waals surface area contributed by atoms with Crippen LogP contribution in [0.1, 0.15) is 16.7 Å². The van der Waals surface area contributed by atoms with Crippen molar-refractivity contribution < 1.29 is 9.59 Å². The third-order valence-electron chi connectivity index (χ3n) is 4.09. The Bertz CT molecular complexity index is 1130. The van der Waals surface area contributed by atoms with Gasteiger partial charge in [0, 0.05) is 11.8 Å². The summed E-state index contributed by atoms with van der Waals surface area (Å²) in [5.74, 6) is -0.919. The number of anilines is 1. The summed E-state index contributed by atoms with van der Waals surface area (Å²) in [6.07, 6.45) is 4.64. The van der Waals surface area contributed by atoms with Gasteiger partial charge in [0.2, 0.25) is 5.91 Å². The van der Waals surface area contributed by atoms with Crippen LogP contribution < -0.4 is 10.6 Å². The van der Waals surface area contributed by atoms with E-state index in [1.165, 1.54) is 6.08 Å². The Balaban J connectivity index is 1.80. The molecule has 3 aromatic carbocycles. The second-order valence-corrected chi connectivity index (χ2v) is 6.35. The van der Waals surface area contributed by atoms with E-state index in [9.17, 15) is 9.59 Å². The molecule has 0 heterocycles. The SMILES string of the molecule is N#Cc1cccc(NC(=O)/C(=C/c2ccccc2)NC(=O)/C=C/c2ccccc2)c1. The Morgan fingerprint density at radius 2 is 1.50 bits per heavy atom. The first kappa shape index (κ1) is 20.3. The Kier molecular flexibility index (Phi) is 6.91. The number of nitrogens with zero attached hydrogens (tertiary/aromatic N) is 1. The van der Waals surface area contributed by atoms with Gasteiger partial charge in [0.05, 0.1) is 11.6 Å². The van der Waals surface area contributed by atoms with Crippen LogP contribution in [-0.4, -0.2) is 11.8 Å². The fraction of sp³-hybridized carbons (Fsp3) is 0. The Morgan fingerprint density at radius 1 is 0.833 bits per heavy atom. The molecule has 5 nitrogen and oxygen atoms in total. The highest BCUT2D eigenvalue weighted by Crippen LogP contribution is 2.12. The van der Waals surface area contributed by atoms with Crippen molar-refractivity contribution in [3.63, 3.8) is 0 Å². The summed E-state index contributed by atoms with van der Waals surface area (Å²) in [6.45, 7) is 0. The summed E-state index contributed by atoms with van der Waals surface area (Å²) in [7, 11) is 0. The number of hydrogen-bond acceptors (Lipinski definition) is 3. The number of hydrogen-bond donors (Lipinski definition) is 2.